The van der Waals surface area contributed by atoms with Gasteiger partial charge < -0.3 is 10.6 Å². The molecule has 2 amide bonds. The molecule has 0 radical (unpaired) electrons. The minimum atomic E-state index is -3.21. The van der Waals surface area contributed by atoms with Crippen molar-refractivity contribution in [2.75, 3.05) is 24.7 Å². The molecule has 1 heterocycles. The predicted molar refractivity (Wildman–Crippen MR) is 78.0 cm³/mol. The number of urea groups is 1. The second-order valence-electron chi connectivity index (χ2n) is 5.16. The highest BCUT2D eigenvalue weighted by Gasteiger charge is 2.25. The van der Waals surface area contributed by atoms with Gasteiger partial charge in [-0.25, -0.2) is 26.3 Å². The van der Waals surface area contributed by atoms with Crippen LogP contribution in [0.2, 0.25) is 0 Å². The van der Waals surface area contributed by atoms with E-state index in [4.69, 9.17) is 0 Å². The van der Waals surface area contributed by atoms with Gasteiger partial charge >= 0.3 is 6.03 Å². The minimum Gasteiger partial charge on any atom is -0.335 e. The predicted octanol–water partition coefficient (Wildman–Crippen LogP) is 1.51. The van der Waals surface area contributed by atoms with Crippen LogP contribution in [0.1, 0.15) is 12.8 Å². The Morgan fingerprint density at radius 1 is 1.23 bits per heavy atom. The van der Waals surface area contributed by atoms with E-state index < -0.39 is 27.7 Å². The monoisotopic (exact) mass is 333 g/mol. The van der Waals surface area contributed by atoms with Crippen molar-refractivity contribution < 1.29 is 22.0 Å². The highest BCUT2D eigenvalue weighted by Crippen LogP contribution is 2.15. The molecule has 2 rings (SSSR count). The van der Waals surface area contributed by atoms with Crippen molar-refractivity contribution in [1.82, 2.24) is 9.62 Å². The van der Waals surface area contributed by atoms with Crippen LogP contribution in [0.3, 0.4) is 0 Å². The van der Waals surface area contributed by atoms with Gasteiger partial charge in [0.05, 0.1) is 6.26 Å². The molecule has 0 spiro atoms. The normalized spacial score (nSPS) is 17.2. The maximum atomic E-state index is 13.0. The Bertz CT molecular complexity index is 658. The van der Waals surface area contributed by atoms with E-state index in [2.05, 4.69) is 10.6 Å². The van der Waals surface area contributed by atoms with Crippen LogP contribution in [0.15, 0.2) is 18.2 Å². The molecule has 1 aliphatic rings. The van der Waals surface area contributed by atoms with E-state index in [9.17, 15) is 22.0 Å². The number of piperidine rings is 1. The summed E-state index contributed by atoms with van der Waals surface area (Å²) in [5, 5.41) is 5.10. The van der Waals surface area contributed by atoms with Gasteiger partial charge in [0.15, 0.2) is 11.6 Å². The summed E-state index contributed by atoms with van der Waals surface area (Å²) in [6.07, 6.45) is 2.15. The first-order valence-corrected chi connectivity index (χ1v) is 8.58. The Balaban J connectivity index is 1.84. The van der Waals surface area contributed by atoms with Crippen molar-refractivity contribution >= 4 is 21.7 Å². The standard InChI is InChI=1S/C13H17F2N3O3S/c1-22(20,21)18-6-4-9(5-7-18)16-13(19)17-10-2-3-11(14)12(15)8-10/h2-3,8-9H,4-7H2,1H3,(H2,16,17,19). The number of carbonyl (C=O) groups excluding carboxylic acids is 1. The molecule has 2 N–H and O–H groups in total. The topological polar surface area (TPSA) is 78.5 Å². The average molecular weight is 333 g/mol. The second kappa shape index (κ2) is 6.57. The van der Waals surface area contributed by atoms with E-state index in [-0.39, 0.29) is 11.7 Å². The van der Waals surface area contributed by atoms with E-state index in [0.29, 0.717) is 25.9 Å². The summed E-state index contributed by atoms with van der Waals surface area (Å²) in [7, 11) is -3.21. The first-order chi connectivity index (χ1) is 10.3. The van der Waals surface area contributed by atoms with Crippen LogP contribution in [0.4, 0.5) is 19.3 Å². The fraction of sp³-hybridized carbons (Fsp3) is 0.462. The maximum absolute atomic E-state index is 13.0. The van der Waals surface area contributed by atoms with Crippen LogP contribution in [0.25, 0.3) is 0 Å². The Labute approximate surface area is 127 Å². The third kappa shape index (κ3) is 4.38. The molecular weight excluding hydrogens is 316 g/mol. The zero-order valence-electron chi connectivity index (χ0n) is 12.0. The molecular formula is C13H17F2N3O3S. The lowest BCUT2D eigenvalue weighted by Crippen LogP contribution is -2.47. The van der Waals surface area contributed by atoms with Crippen molar-refractivity contribution in [1.29, 1.82) is 0 Å². The van der Waals surface area contributed by atoms with Crippen molar-refractivity contribution in [2.24, 2.45) is 0 Å². The SMILES string of the molecule is CS(=O)(=O)N1CCC(NC(=O)Nc2ccc(F)c(F)c2)CC1. The molecule has 0 aliphatic carbocycles. The number of anilines is 1. The number of nitrogens with zero attached hydrogens (tertiary/aromatic N) is 1. The van der Waals surface area contributed by atoms with Gasteiger partial charge in [-0.3, -0.25) is 0 Å². The summed E-state index contributed by atoms with van der Waals surface area (Å²) in [5.41, 5.74) is 0.143. The fourth-order valence-electron chi connectivity index (χ4n) is 2.26. The number of hydrogen-bond donors (Lipinski definition) is 2. The number of rotatable bonds is 3. The van der Waals surface area contributed by atoms with Crippen molar-refractivity contribution in [3.05, 3.63) is 29.8 Å². The zero-order chi connectivity index (χ0) is 16.3. The van der Waals surface area contributed by atoms with Crippen molar-refractivity contribution in [3.8, 4) is 0 Å². The summed E-state index contributed by atoms with van der Waals surface area (Å²) in [6, 6.07) is 2.37. The molecule has 0 aromatic heterocycles. The Morgan fingerprint density at radius 2 is 1.86 bits per heavy atom. The first kappa shape index (κ1) is 16.6. The van der Waals surface area contributed by atoms with Gasteiger partial charge in [-0.1, -0.05) is 0 Å². The molecule has 1 saturated heterocycles. The molecule has 0 saturated carbocycles. The van der Waals surface area contributed by atoms with Crippen LogP contribution >= 0.6 is 0 Å². The lowest BCUT2D eigenvalue weighted by atomic mass is 10.1. The molecule has 1 fully saturated rings. The lowest BCUT2D eigenvalue weighted by Gasteiger charge is -2.30. The molecule has 1 aromatic carbocycles. The molecule has 0 atom stereocenters. The van der Waals surface area contributed by atoms with Gasteiger partial charge in [0.1, 0.15) is 0 Å². The highest BCUT2D eigenvalue weighted by molar-refractivity contribution is 7.88. The Hall–Kier alpha value is -1.74. The molecule has 6 nitrogen and oxygen atoms in total. The average Bonchev–Trinajstić information content (AvgIpc) is 2.42. The van der Waals surface area contributed by atoms with Crippen LogP contribution in [-0.4, -0.2) is 44.1 Å². The van der Waals surface area contributed by atoms with E-state index >= 15 is 0 Å². The molecule has 9 heteroatoms. The number of benzene rings is 1. The first-order valence-electron chi connectivity index (χ1n) is 6.73. The number of halogens is 2. The Kier molecular flexibility index (Phi) is 4.97. The summed E-state index contributed by atoms with van der Waals surface area (Å²) in [5.74, 6) is -2.03. The summed E-state index contributed by atoms with van der Waals surface area (Å²) in [6.45, 7) is 0.684. The minimum absolute atomic E-state index is 0.143. The number of amides is 2. The largest absolute Gasteiger partial charge is 0.335 e. The van der Waals surface area contributed by atoms with Gasteiger partial charge in [0, 0.05) is 30.9 Å². The molecule has 22 heavy (non-hydrogen) atoms. The number of carbonyl (C=O) groups is 1. The van der Waals surface area contributed by atoms with E-state index in [1.54, 1.807) is 0 Å². The molecule has 122 valence electrons. The van der Waals surface area contributed by atoms with Crippen LogP contribution < -0.4 is 10.6 Å². The van der Waals surface area contributed by atoms with Gasteiger partial charge in [-0.2, -0.15) is 0 Å². The zero-order valence-corrected chi connectivity index (χ0v) is 12.8. The van der Waals surface area contributed by atoms with Crippen LogP contribution in [0, 0.1) is 11.6 Å². The lowest BCUT2D eigenvalue weighted by molar-refractivity contribution is 0.238. The van der Waals surface area contributed by atoms with Crippen LogP contribution in [-0.2, 0) is 10.0 Å². The Morgan fingerprint density at radius 3 is 2.41 bits per heavy atom. The maximum Gasteiger partial charge on any atom is 0.319 e. The number of sulfonamides is 1. The van der Waals surface area contributed by atoms with E-state index in [1.165, 1.54) is 10.4 Å². The van der Waals surface area contributed by atoms with E-state index in [1.807, 2.05) is 0 Å². The number of hydrogen-bond acceptors (Lipinski definition) is 3. The van der Waals surface area contributed by atoms with Crippen molar-refractivity contribution in [3.63, 3.8) is 0 Å². The molecule has 1 aromatic rings. The third-order valence-corrected chi connectivity index (χ3v) is 4.74. The summed E-state index contributed by atoms with van der Waals surface area (Å²) in [4.78, 5) is 11.8. The fourth-order valence-corrected chi connectivity index (χ4v) is 3.13. The van der Waals surface area contributed by atoms with Gasteiger partial charge in [-0.05, 0) is 25.0 Å². The van der Waals surface area contributed by atoms with Crippen molar-refractivity contribution in [2.45, 2.75) is 18.9 Å². The molecule has 1 aliphatic heterocycles. The molecule has 0 bridgehead atoms. The van der Waals surface area contributed by atoms with E-state index in [0.717, 1.165) is 18.4 Å². The smallest absolute Gasteiger partial charge is 0.319 e. The number of nitrogens with one attached hydrogen (secondary N) is 2. The van der Waals surface area contributed by atoms with Gasteiger partial charge in [0.2, 0.25) is 10.0 Å². The van der Waals surface area contributed by atoms with Gasteiger partial charge in [0.25, 0.3) is 0 Å². The summed E-state index contributed by atoms with van der Waals surface area (Å²) >= 11 is 0. The third-order valence-electron chi connectivity index (χ3n) is 3.44. The van der Waals surface area contributed by atoms with Gasteiger partial charge in [-0.15, -0.1) is 0 Å². The summed E-state index contributed by atoms with van der Waals surface area (Å²) < 4.78 is 49.9. The quantitative estimate of drug-likeness (QED) is 0.880. The van der Waals surface area contributed by atoms with Crippen LogP contribution in [0.5, 0.6) is 0 Å². The second-order valence-corrected chi connectivity index (χ2v) is 7.15. The molecule has 0 unspecified atom stereocenters. The highest BCUT2D eigenvalue weighted by atomic mass is 32.2.